The van der Waals surface area contributed by atoms with Crippen molar-refractivity contribution in [3.8, 4) is 5.75 Å². The Hall–Kier alpha value is -0.770. The van der Waals surface area contributed by atoms with Crippen LogP contribution in [0.15, 0.2) is 0 Å². The summed E-state index contributed by atoms with van der Waals surface area (Å²) in [4.78, 5) is 0. The smallest absolute Gasteiger partial charge is 0.123 e. The number of halogens is 1. The maximum absolute atomic E-state index is 9.94. The normalized spacial score (nSPS) is 12.9. The van der Waals surface area contributed by atoms with Crippen LogP contribution in [0.3, 0.4) is 0 Å². The topological polar surface area (TPSA) is 66.5 Å². The van der Waals surface area contributed by atoms with Crippen LogP contribution in [0.1, 0.15) is 28.3 Å². The average Bonchev–Trinajstić information content (AvgIpc) is 2.23. The highest BCUT2D eigenvalue weighted by Gasteiger charge is 2.19. The molecule has 4 N–H and O–H groups in total. The Morgan fingerprint density at radius 1 is 1.20 bits per heavy atom. The first-order valence-electron chi connectivity index (χ1n) is 4.76. The molecule has 1 atom stereocenters. The van der Waals surface area contributed by atoms with E-state index in [1.54, 1.807) is 13.8 Å². The number of hydrogen-bond donors (Lipinski definition) is 3. The van der Waals surface area contributed by atoms with Gasteiger partial charge in [-0.1, -0.05) is 11.6 Å². The number of hydrogen-bond acceptors (Lipinski definition) is 3. The molecule has 0 aliphatic rings. The Morgan fingerprint density at radius 3 is 2.20 bits per heavy atom. The minimum absolute atomic E-state index is 0.135. The molecule has 0 aromatic heterocycles. The minimum Gasteiger partial charge on any atom is -0.507 e. The third kappa shape index (κ3) is 1.95. The second kappa shape index (κ2) is 4.39. The number of aliphatic hydroxyl groups excluding tert-OH is 1. The summed E-state index contributed by atoms with van der Waals surface area (Å²) in [6.45, 7) is 5.20. The number of aliphatic hydroxyl groups is 1. The van der Waals surface area contributed by atoms with Crippen molar-refractivity contribution >= 4 is 11.6 Å². The van der Waals surface area contributed by atoms with E-state index in [1.165, 1.54) is 0 Å². The highest BCUT2D eigenvalue weighted by Crippen LogP contribution is 2.37. The van der Waals surface area contributed by atoms with Crippen LogP contribution in [0, 0.1) is 20.8 Å². The summed E-state index contributed by atoms with van der Waals surface area (Å²) in [5, 5.41) is 19.5. The summed E-state index contributed by atoms with van der Waals surface area (Å²) in [5.41, 5.74) is 8.54. The van der Waals surface area contributed by atoms with Gasteiger partial charge in [-0.25, -0.2) is 0 Å². The summed E-state index contributed by atoms with van der Waals surface area (Å²) in [6.07, 6.45) is 0. The van der Waals surface area contributed by atoms with E-state index in [9.17, 15) is 5.11 Å². The van der Waals surface area contributed by atoms with Crippen LogP contribution < -0.4 is 5.73 Å². The van der Waals surface area contributed by atoms with E-state index in [0.29, 0.717) is 16.1 Å². The SMILES string of the molecule is Cc1c(C)c(Cl)c(C)c(C(N)CO)c1O. The number of phenols is 1. The van der Waals surface area contributed by atoms with Crippen molar-refractivity contribution in [2.45, 2.75) is 26.8 Å². The highest BCUT2D eigenvalue weighted by molar-refractivity contribution is 6.32. The Morgan fingerprint density at radius 2 is 1.73 bits per heavy atom. The number of phenolic OH excluding ortho intramolecular Hbond substituents is 1. The molecule has 0 radical (unpaired) electrons. The fourth-order valence-corrected chi connectivity index (χ4v) is 1.91. The molecule has 0 bridgehead atoms. The van der Waals surface area contributed by atoms with Crippen LogP contribution in [-0.4, -0.2) is 16.8 Å². The van der Waals surface area contributed by atoms with Crippen molar-refractivity contribution in [1.82, 2.24) is 0 Å². The van der Waals surface area contributed by atoms with Crippen LogP contribution in [0.2, 0.25) is 5.02 Å². The summed E-state index contributed by atoms with van der Waals surface area (Å²) in [6, 6.07) is -0.596. The Kier molecular flexibility index (Phi) is 3.60. The van der Waals surface area contributed by atoms with Gasteiger partial charge in [0.25, 0.3) is 0 Å². The van der Waals surface area contributed by atoms with Crippen molar-refractivity contribution in [3.63, 3.8) is 0 Å². The van der Waals surface area contributed by atoms with Gasteiger partial charge in [-0.15, -0.1) is 0 Å². The quantitative estimate of drug-likeness (QED) is 0.726. The summed E-state index contributed by atoms with van der Waals surface area (Å²) >= 11 is 6.11. The van der Waals surface area contributed by atoms with Gasteiger partial charge in [0.05, 0.1) is 12.6 Å². The summed E-state index contributed by atoms with van der Waals surface area (Å²) in [5.74, 6) is 0.135. The van der Waals surface area contributed by atoms with Crippen molar-refractivity contribution in [3.05, 3.63) is 27.3 Å². The summed E-state index contributed by atoms with van der Waals surface area (Å²) in [7, 11) is 0. The largest absolute Gasteiger partial charge is 0.507 e. The fourth-order valence-electron chi connectivity index (χ4n) is 1.67. The van der Waals surface area contributed by atoms with Crippen LogP contribution in [0.25, 0.3) is 0 Å². The monoisotopic (exact) mass is 229 g/mol. The fraction of sp³-hybridized carbons (Fsp3) is 0.455. The van der Waals surface area contributed by atoms with E-state index in [4.69, 9.17) is 22.4 Å². The Bertz CT molecular complexity index is 362. The van der Waals surface area contributed by atoms with Crippen LogP contribution >= 0.6 is 11.6 Å². The molecule has 15 heavy (non-hydrogen) atoms. The Labute approximate surface area is 94.5 Å². The second-order valence-corrected chi connectivity index (χ2v) is 4.12. The molecule has 0 heterocycles. The molecule has 1 aromatic rings. The molecule has 4 heteroatoms. The standard InChI is InChI=1S/C11H16ClNO2/c1-5-6(2)11(15)9(8(13)4-14)7(3)10(5)12/h8,14-15H,4,13H2,1-3H3. The molecule has 0 spiro atoms. The van der Waals surface area contributed by atoms with Crippen LogP contribution in [0.5, 0.6) is 5.75 Å². The van der Waals surface area contributed by atoms with E-state index < -0.39 is 6.04 Å². The van der Waals surface area contributed by atoms with Crippen molar-refractivity contribution in [1.29, 1.82) is 0 Å². The lowest BCUT2D eigenvalue weighted by Gasteiger charge is -2.19. The lowest BCUT2D eigenvalue weighted by atomic mass is 9.94. The molecule has 0 aliphatic heterocycles. The first-order valence-corrected chi connectivity index (χ1v) is 5.14. The zero-order valence-electron chi connectivity index (χ0n) is 9.13. The van der Waals surface area contributed by atoms with Gasteiger partial charge in [0.2, 0.25) is 0 Å². The molecule has 0 fully saturated rings. The molecule has 3 nitrogen and oxygen atoms in total. The van der Waals surface area contributed by atoms with Gasteiger partial charge >= 0.3 is 0 Å². The van der Waals surface area contributed by atoms with Gasteiger partial charge in [0, 0.05) is 10.6 Å². The maximum Gasteiger partial charge on any atom is 0.123 e. The van der Waals surface area contributed by atoms with Crippen molar-refractivity contribution in [2.75, 3.05) is 6.61 Å². The zero-order valence-corrected chi connectivity index (χ0v) is 9.89. The lowest BCUT2D eigenvalue weighted by molar-refractivity contribution is 0.264. The number of benzene rings is 1. The molecule has 0 aliphatic carbocycles. The first-order chi connectivity index (χ1) is 6.91. The molecule has 1 aromatic carbocycles. The lowest BCUT2D eigenvalue weighted by Crippen LogP contribution is -2.17. The third-order valence-corrected chi connectivity index (χ3v) is 3.37. The highest BCUT2D eigenvalue weighted by atomic mass is 35.5. The molecule has 0 saturated heterocycles. The van der Waals surface area contributed by atoms with Gasteiger partial charge in [-0.2, -0.15) is 0 Å². The molecular weight excluding hydrogens is 214 g/mol. The number of nitrogens with two attached hydrogens (primary N) is 1. The first kappa shape index (κ1) is 12.3. The van der Waals surface area contributed by atoms with Gasteiger partial charge in [0.15, 0.2) is 0 Å². The van der Waals surface area contributed by atoms with Gasteiger partial charge < -0.3 is 15.9 Å². The van der Waals surface area contributed by atoms with Gasteiger partial charge in [0.1, 0.15) is 5.75 Å². The Balaban J connectivity index is 3.52. The third-order valence-electron chi connectivity index (χ3n) is 2.80. The minimum atomic E-state index is -0.596. The van der Waals surface area contributed by atoms with E-state index in [-0.39, 0.29) is 12.4 Å². The van der Waals surface area contributed by atoms with E-state index in [2.05, 4.69) is 0 Å². The predicted molar refractivity (Wildman–Crippen MR) is 61.3 cm³/mol. The second-order valence-electron chi connectivity index (χ2n) is 3.74. The van der Waals surface area contributed by atoms with E-state index in [0.717, 1.165) is 11.1 Å². The number of rotatable bonds is 2. The zero-order chi connectivity index (χ0) is 11.7. The average molecular weight is 230 g/mol. The van der Waals surface area contributed by atoms with Crippen molar-refractivity contribution in [2.24, 2.45) is 5.73 Å². The van der Waals surface area contributed by atoms with Gasteiger partial charge in [-0.3, -0.25) is 0 Å². The van der Waals surface area contributed by atoms with E-state index >= 15 is 0 Å². The molecule has 84 valence electrons. The molecular formula is C11H16ClNO2. The molecule has 1 unspecified atom stereocenters. The number of aromatic hydroxyl groups is 1. The molecule has 0 saturated carbocycles. The van der Waals surface area contributed by atoms with Crippen LogP contribution in [0.4, 0.5) is 0 Å². The molecule has 1 rings (SSSR count). The predicted octanol–water partition coefficient (Wildman–Crippen LogP) is 1.96. The maximum atomic E-state index is 9.94. The summed E-state index contributed by atoms with van der Waals surface area (Å²) < 4.78 is 0. The van der Waals surface area contributed by atoms with E-state index in [1.807, 2.05) is 6.92 Å². The van der Waals surface area contributed by atoms with Gasteiger partial charge in [-0.05, 0) is 37.5 Å². The van der Waals surface area contributed by atoms with Crippen LogP contribution in [-0.2, 0) is 0 Å². The van der Waals surface area contributed by atoms with Crippen molar-refractivity contribution < 1.29 is 10.2 Å². The molecule has 0 amide bonds.